The zero-order valence-corrected chi connectivity index (χ0v) is 14.7. The van der Waals surface area contributed by atoms with Crippen LogP contribution in [0.4, 0.5) is 0 Å². The second kappa shape index (κ2) is 6.50. The quantitative estimate of drug-likeness (QED) is 0.516. The Bertz CT molecular complexity index is 1060. The van der Waals surface area contributed by atoms with Crippen molar-refractivity contribution in [2.45, 2.75) is 18.9 Å². The first kappa shape index (κ1) is 16.7. The lowest BCUT2D eigenvalue weighted by Gasteiger charge is -2.17. The van der Waals surface area contributed by atoms with Crippen LogP contribution in [0, 0.1) is 0 Å². The van der Waals surface area contributed by atoms with Crippen LogP contribution in [0.25, 0.3) is 11.0 Å². The van der Waals surface area contributed by atoms with Gasteiger partial charge in [-0.05, 0) is 36.8 Å². The van der Waals surface area contributed by atoms with Gasteiger partial charge in [-0.25, -0.2) is 9.59 Å². The minimum absolute atomic E-state index is 0.215. The summed E-state index contributed by atoms with van der Waals surface area (Å²) < 4.78 is 16.6. The lowest BCUT2D eigenvalue weighted by molar-refractivity contribution is -0.151. The first-order chi connectivity index (χ1) is 12.6. The van der Waals surface area contributed by atoms with E-state index in [0.717, 1.165) is 0 Å². The van der Waals surface area contributed by atoms with Crippen LogP contribution in [-0.4, -0.2) is 18.7 Å². The maximum atomic E-state index is 12.7. The number of rotatable bonds is 3. The van der Waals surface area contributed by atoms with Gasteiger partial charge in [0.1, 0.15) is 11.3 Å². The molecule has 5 nitrogen and oxygen atoms in total. The van der Waals surface area contributed by atoms with Gasteiger partial charge < -0.3 is 13.9 Å². The summed E-state index contributed by atoms with van der Waals surface area (Å²) in [6.07, 6.45) is -0.975. The first-order valence-corrected chi connectivity index (χ1v) is 8.62. The van der Waals surface area contributed by atoms with Gasteiger partial charge in [-0.3, -0.25) is 0 Å². The summed E-state index contributed by atoms with van der Waals surface area (Å²) in [5.74, 6) is -0.819. The molecule has 0 unspecified atom stereocenters. The van der Waals surface area contributed by atoms with E-state index in [1.54, 1.807) is 49.4 Å². The van der Waals surface area contributed by atoms with Crippen LogP contribution in [0.1, 0.15) is 24.0 Å². The fraction of sp³-hybridized carbons (Fsp3) is 0.200. The molecule has 132 valence electrons. The molecular formula is C20H15ClO5. The van der Waals surface area contributed by atoms with Gasteiger partial charge in [0.15, 0.2) is 0 Å². The highest BCUT2D eigenvalue weighted by Gasteiger charge is 2.45. The fourth-order valence-electron chi connectivity index (χ4n) is 3.33. The Hall–Kier alpha value is -2.79. The van der Waals surface area contributed by atoms with E-state index >= 15 is 0 Å². The standard InChI is InChI=1S/C20H15ClO5/c1-2-24-20(23)18-15(11-6-5-7-12(21)10-11)16-17(26-18)13-8-3-4-9-14(13)25-19(16)22/h3-10,15,18H,2H2,1H3/t15-,18-/m0/s1. The molecule has 2 atom stereocenters. The number of esters is 1. The highest BCUT2D eigenvalue weighted by molar-refractivity contribution is 6.30. The predicted octanol–water partition coefficient (Wildman–Crippen LogP) is 3.90. The number of halogens is 1. The molecule has 6 heteroatoms. The molecule has 1 aromatic heterocycles. The maximum absolute atomic E-state index is 12.7. The largest absolute Gasteiger partial charge is 0.476 e. The van der Waals surface area contributed by atoms with Gasteiger partial charge in [0.2, 0.25) is 6.10 Å². The molecule has 0 spiro atoms. The number of ether oxygens (including phenoxy) is 2. The number of benzene rings is 2. The molecule has 26 heavy (non-hydrogen) atoms. The summed E-state index contributed by atoms with van der Waals surface area (Å²) in [6.45, 7) is 1.94. The second-order valence-corrected chi connectivity index (χ2v) is 6.39. The highest BCUT2D eigenvalue weighted by Crippen LogP contribution is 2.44. The molecule has 0 radical (unpaired) electrons. The van der Waals surface area contributed by atoms with Crippen molar-refractivity contribution in [3.63, 3.8) is 0 Å². The van der Waals surface area contributed by atoms with Crippen molar-refractivity contribution in [1.29, 1.82) is 0 Å². The number of hydrogen-bond donors (Lipinski definition) is 0. The number of para-hydroxylation sites is 1. The van der Waals surface area contributed by atoms with Crippen molar-refractivity contribution in [3.8, 4) is 5.75 Å². The smallest absolute Gasteiger partial charge is 0.348 e. The Labute approximate surface area is 154 Å². The van der Waals surface area contributed by atoms with Crippen LogP contribution in [-0.2, 0) is 9.53 Å². The maximum Gasteiger partial charge on any atom is 0.348 e. The number of carbonyl (C=O) groups is 1. The first-order valence-electron chi connectivity index (χ1n) is 8.24. The van der Waals surface area contributed by atoms with Crippen molar-refractivity contribution in [3.05, 3.63) is 75.1 Å². The Balaban J connectivity index is 1.96. The molecule has 1 aliphatic heterocycles. The van der Waals surface area contributed by atoms with Crippen LogP contribution in [0.15, 0.2) is 57.7 Å². The minimum Gasteiger partial charge on any atom is -0.476 e. The molecule has 0 N–H and O–H groups in total. The zero-order chi connectivity index (χ0) is 18.3. The molecule has 2 aromatic carbocycles. The van der Waals surface area contributed by atoms with Gasteiger partial charge in [-0.15, -0.1) is 0 Å². The summed E-state index contributed by atoms with van der Waals surface area (Å²) in [5.41, 5.74) is 0.877. The van der Waals surface area contributed by atoms with Crippen molar-refractivity contribution >= 4 is 28.5 Å². The Morgan fingerprint density at radius 3 is 2.77 bits per heavy atom. The third kappa shape index (κ3) is 2.65. The highest BCUT2D eigenvalue weighted by atomic mass is 35.5. The Morgan fingerprint density at radius 1 is 1.19 bits per heavy atom. The molecule has 0 saturated heterocycles. The Kier molecular flexibility index (Phi) is 4.17. The van der Waals surface area contributed by atoms with E-state index in [0.29, 0.717) is 32.9 Å². The number of carbonyl (C=O) groups excluding carboxylic acids is 1. The van der Waals surface area contributed by atoms with E-state index in [1.165, 1.54) is 0 Å². The van der Waals surface area contributed by atoms with Gasteiger partial charge in [0, 0.05) is 5.02 Å². The van der Waals surface area contributed by atoms with E-state index in [-0.39, 0.29) is 6.61 Å². The molecule has 0 amide bonds. The van der Waals surface area contributed by atoms with Crippen LogP contribution >= 0.6 is 11.6 Å². The summed E-state index contributed by atoms with van der Waals surface area (Å²) in [7, 11) is 0. The van der Waals surface area contributed by atoms with Gasteiger partial charge >= 0.3 is 11.6 Å². The summed E-state index contributed by atoms with van der Waals surface area (Å²) in [6, 6.07) is 14.1. The lowest BCUT2D eigenvalue weighted by atomic mass is 9.88. The van der Waals surface area contributed by atoms with Gasteiger partial charge in [-0.1, -0.05) is 35.9 Å². The normalized spacial score (nSPS) is 18.4. The van der Waals surface area contributed by atoms with Crippen LogP contribution in [0.2, 0.25) is 5.02 Å². The summed E-state index contributed by atoms with van der Waals surface area (Å²) in [4.78, 5) is 25.2. The third-order valence-electron chi connectivity index (χ3n) is 4.38. The summed E-state index contributed by atoms with van der Waals surface area (Å²) in [5, 5.41) is 1.14. The van der Waals surface area contributed by atoms with E-state index in [9.17, 15) is 9.59 Å². The van der Waals surface area contributed by atoms with Crippen molar-refractivity contribution in [1.82, 2.24) is 0 Å². The van der Waals surface area contributed by atoms with Crippen molar-refractivity contribution in [2.75, 3.05) is 6.61 Å². The molecule has 3 aromatic rings. The van der Waals surface area contributed by atoms with Gasteiger partial charge in [-0.2, -0.15) is 0 Å². The SMILES string of the molecule is CCOC(=O)[C@H]1Oc2c(c(=O)oc3ccccc23)[C@@H]1c1cccc(Cl)c1. The predicted molar refractivity (Wildman–Crippen MR) is 96.8 cm³/mol. The third-order valence-corrected chi connectivity index (χ3v) is 4.62. The lowest BCUT2D eigenvalue weighted by Crippen LogP contribution is -2.32. The monoisotopic (exact) mass is 370 g/mol. The molecule has 4 rings (SSSR count). The van der Waals surface area contributed by atoms with Gasteiger partial charge in [0.05, 0.1) is 23.5 Å². The van der Waals surface area contributed by atoms with E-state index in [2.05, 4.69) is 0 Å². The Morgan fingerprint density at radius 2 is 2.00 bits per heavy atom. The van der Waals surface area contributed by atoms with Crippen LogP contribution < -0.4 is 10.4 Å². The second-order valence-electron chi connectivity index (χ2n) is 5.95. The minimum atomic E-state index is -0.975. The van der Waals surface area contributed by atoms with Crippen molar-refractivity contribution < 1.29 is 18.7 Å². The molecule has 0 aliphatic carbocycles. The van der Waals surface area contributed by atoms with Crippen LogP contribution in [0.5, 0.6) is 5.75 Å². The van der Waals surface area contributed by atoms with Crippen molar-refractivity contribution in [2.24, 2.45) is 0 Å². The van der Waals surface area contributed by atoms with E-state index < -0.39 is 23.6 Å². The molecule has 0 saturated carbocycles. The molecule has 2 heterocycles. The molecular weight excluding hydrogens is 356 g/mol. The number of fused-ring (bicyclic) bond motifs is 3. The zero-order valence-electron chi connectivity index (χ0n) is 13.9. The van der Waals surface area contributed by atoms with E-state index in [1.807, 2.05) is 6.07 Å². The molecule has 1 aliphatic rings. The van der Waals surface area contributed by atoms with Crippen LogP contribution in [0.3, 0.4) is 0 Å². The average molecular weight is 371 g/mol. The summed E-state index contributed by atoms with van der Waals surface area (Å²) >= 11 is 6.12. The average Bonchev–Trinajstić information content (AvgIpc) is 3.04. The van der Waals surface area contributed by atoms with Gasteiger partial charge in [0.25, 0.3) is 0 Å². The molecule has 0 fully saturated rings. The molecule has 0 bridgehead atoms. The fourth-order valence-corrected chi connectivity index (χ4v) is 3.53. The topological polar surface area (TPSA) is 65.7 Å². The number of hydrogen-bond acceptors (Lipinski definition) is 5. The van der Waals surface area contributed by atoms with E-state index in [4.69, 9.17) is 25.5 Å².